The highest BCUT2D eigenvalue weighted by Crippen LogP contribution is 2.24. The molecule has 0 saturated carbocycles. The molecule has 0 radical (unpaired) electrons. The highest BCUT2D eigenvalue weighted by atomic mass is 16.2. The van der Waals surface area contributed by atoms with Gasteiger partial charge in [-0.15, -0.1) is 0 Å². The Bertz CT molecular complexity index is 294. The number of fused-ring (bicyclic) bond motifs is 1. The fourth-order valence-electron chi connectivity index (χ4n) is 2.67. The van der Waals surface area contributed by atoms with E-state index in [-0.39, 0.29) is 11.8 Å². The second-order valence-electron chi connectivity index (χ2n) is 4.89. The zero-order valence-electron chi connectivity index (χ0n) is 10.2. The summed E-state index contributed by atoms with van der Waals surface area (Å²) in [5.41, 5.74) is 4.69. The maximum Gasteiger partial charge on any atom is 0.252 e. The monoisotopic (exact) mass is 240 g/mol. The van der Waals surface area contributed by atoms with Crippen LogP contribution < -0.4 is 16.2 Å². The molecule has 6 heteroatoms. The number of piperidine rings is 1. The van der Waals surface area contributed by atoms with E-state index in [2.05, 4.69) is 21.1 Å². The van der Waals surface area contributed by atoms with Crippen LogP contribution in [0.4, 0.5) is 0 Å². The molecular weight excluding hydrogens is 220 g/mol. The summed E-state index contributed by atoms with van der Waals surface area (Å²) in [5, 5.41) is 3.49. The van der Waals surface area contributed by atoms with E-state index in [0.717, 1.165) is 19.6 Å². The van der Waals surface area contributed by atoms with Gasteiger partial charge >= 0.3 is 0 Å². The first-order chi connectivity index (χ1) is 8.15. The number of nitrogens with one attached hydrogen (secondary N) is 3. The zero-order chi connectivity index (χ0) is 12.3. The first-order valence-corrected chi connectivity index (χ1v) is 6.16. The Hall–Kier alpha value is -1.14. The van der Waals surface area contributed by atoms with E-state index >= 15 is 0 Å². The molecule has 96 valence electrons. The van der Waals surface area contributed by atoms with Gasteiger partial charge in [-0.1, -0.05) is 0 Å². The van der Waals surface area contributed by atoms with Crippen LogP contribution in [-0.4, -0.2) is 48.9 Å². The van der Waals surface area contributed by atoms with Crippen molar-refractivity contribution >= 4 is 11.8 Å². The van der Waals surface area contributed by atoms with Crippen LogP contribution in [0.15, 0.2) is 0 Å². The Kier molecular flexibility index (Phi) is 3.96. The third kappa shape index (κ3) is 3.41. The van der Waals surface area contributed by atoms with Crippen LogP contribution in [0.3, 0.4) is 0 Å². The average Bonchev–Trinajstić information content (AvgIpc) is 2.68. The molecule has 0 aromatic carbocycles. The molecule has 17 heavy (non-hydrogen) atoms. The number of carbonyl (C=O) groups is 2. The van der Waals surface area contributed by atoms with Gasteiger partial charge in [0, 0.05) is 26.1 Å². The molecule has 0 bridgehead atoms. The number of nitrogens with zero attached hydrogens (tertiary/aromatic N) is 1. The van der Waals surface area contributed by atoms with Gasteiger partial charge in [0.05, 0.1) is 6.54 Å². The van der Waals surface area contributed by atoms with E-state index in [1.165, 1.54) is 19.8 Å². The van der Waals surface area contributed by atoms with Crippen molar-refractivity contribution in [1.29, 1.82) is 0 Å². The van der Waals surface area contributed by atoms with Gasteiger partial charge in [0.15, 0.2) is 0 Å². The fourth-order valence-corrected chi connectivity index (χ4v) is 2.67. The van der Waals surface area contributed by atoms with E-state index < -0.39 is 0 Å². The summed E-state index contributed by atoms with van der Waals surface area (Å²) in [5.74, 6) is 0.270. The van der Waals surface area contributed by atoms with Gasteiger partial charge in [-0.3, -0.25) is 25.3 Å². The minimum absolute atomic E-state index is 0.154. The van der Waals surface area contributed by atoms with E-state index in [9.17, 15) is 9.59 Å². The Morgan fingerprint density at radius 3 is 2.88 bits per heavy atom. The largest absolute Gasteiger partial charge is 0.312 e. The summed E-state index contributed by atoms with van der Waals surface area (Å²) in [4.78, 5) is 24.3. The Morgan fingerprint density at radius 2 is 2.18 bits per heavy atom. The summed E-state index contributed by atoms with van der Waals surface area (Å²) < 4.78 is 0. The minimum atomic E-state index is -0.255. The number of carbonyl (C=O) groups excluding carboxylic acids is 2. The van der Waals surface area contributed by atoms with Crippen molar-refractivity contribution in [1.82, 2.24) is 21.1 Å². The number of amides is 2. The summed E-state index contributed by atoms with van der Waals surface area (Å²) in [6.07, 6.45) is 2.48. The molecule has 2 saturated heterocycles. The van der Waals surface area contributed by atoms with Crippen molar-refractivity contribution in [3.8, 4) is 0 Å². The topological polar surface area (TPSA) is 73.5 Å². The molecule has 2 aliphatic rings. The van der Waals surface area contributed by atoms with Crippen LogP contribution in [0.25, 0.3) is 0 Å². The van der Waals surface area contributed by atoms with E-state index in [1.54, 1.807) is 0 Å². The van der Waals surface area contributed by atoms with Gasteiger partial charge in [0.1, 0.15) is 0 Å². The van der Waals surface area contributed by atoms with Crippen molar-refractivity contribution in [2.45, 2.75) is 25.8 Å². The molecule has 0 aliphatic carbocycles. The molecule has 2 heterocycles. The highest BCUT2D eigenvalue weighted by molar-refractivity contribution is 5.81. The lowest BCUT2D eigenvalue weighted by atomic mass is 9.94. The predicted octanol–water partition coefficient (Wildman–Crippen LogP) is -1.16. The first kappa shape index (κ1) is 12.3. The van der Waals surface area contributed by atoms with Gasteiger partial charge < -0.3 is 5.32 Å². The molecule has 0 aromatic rings. The van der Waals surface area contributed by atoms with E-state index in [1.807, 2.05) is 0 Å². The molecule has 0 spiro atoms. The summed E-state index contributed by atoms with van der Waals surface area (Å²) in [6.45, 7) is 4.72. The second kappa shape index (κ2) is 5.46. The van der Waals surface area contributed by atoms with Crippen molar-refractivity contribution in [2.24, 2.45) is 5.92 Å². The average molecular weight is 240 g/mol. The molecule has 0 aromatic heterocycles. The number of hydrogen-bond acceptors (Lipinski definition) is 4. The maximum absolute atomic E-state index is 11.5. The lowest BCUT2D eigenvalue weighted by Crippen LogP contribution is -2.45. The molecule has 0 unspecified atom stereocenters. The van der Waals surface area contributed by atoms with E-state index in [4.69, 9.17) is 0 Å². The summed E-state index contributed by atoms with van der Waals surface area (Å²) in [6, 6.07) is 0.539. The van der Waals surface area contributed by atoms with Crippen molar-refractivity contribution in [2.75, 3.05) is 26.2 Å². The first-order valence-electron chi connectivity index (χ1n) is 6.16. The lowest BCUT2D eigenvalue weighted by molar-refractivity contribution is -0.128. The number of rotatable bonds is 2. The minimum Gasteiger partial charge on any atom is -0.312 e. The molecule has 6 nitrogen and oxygen atoms in total. The quantitative estimate of drug-likeness (QED) is 0.532. The van der Waals surface area contributed by atoms with Gasteiger partial charge in [0.2, 0.25) is 5.91 Å². The molecule has 2 rings (SSSR count). The predicted molar refractivity (Wildman–Crippen MR) is 62.9 cm³/mol. The molecule has 2 aliphatic heterocycles. The van der Waals surface area contributed by atoms with E-state index in [0.29, 0.717) is 18.5 Å². The molecule has 2 amide bonds. The number of hydrazine groups is 1. The molecule has 2 fully saturated rings. The van der Waals surface area contributed by atoms with Gasteiger partial charge in [-0.05, 0) is 25.3 Å². The van der Waals surface area contributed by atoms with Crippen LogP contribution in [0, 0.1) is 5.92 Å². The van der Waals surface area contributed by atoms with Crippen molar-refractivity contribution in [3.63, 3.8) is 0 Å². The summed E-state index contributed by atoms with van der Waals surface area (Å²) in [7, 11) is 0. The second-order valence-corrected chi connectivity index (χ2v) is 4.89. The van der Waals surface area contributed by atoms with Crippen LogP contribution in [0.5, 0.6) is 0 Å². The smallest absolute Gasteiger partial charge is 0.252 e. The molecular formula is C11H20N4O2. The highest BCUT2D eigenvalue weighted by Gasteiger charge is 2.34. The van der Waals surface area contributed by atoms with Gasteiger partial charge in [0.25, 0.3) is 5.91 Å². The Morgan fingerprint density at radius 1 is 1.35 bits per heavy atom. The SMILES string of the molecule is CC(=O)NNC(=O)CN1C[C@@H]2CCCN[C@@H]2C1. The number of hydrogen-bond donors (Lipinski definition) is 3. The molecule has 2 atom stereocenters. The molecule has 3 N–H and O–H groups in total. The van der Waals surface area contributed by atoms with Gasteiger partial charge in [-0.25, -0.2) is 0 Å². The summed E-state index contributed by atoms with van der Waals surface area (Å²) >= 11 is 0. The zero-order valence-corrected chi connectivity index (χ0v) is 10.2. The Labute approximate surface area is 101 Å². The standard InChI is InChI=1S/C11H20N4O2/c1-8(16)13-14-11(17)7-15-5-9-3-2-4-12-10(9)6-15/h9-10,12H,2-7H2,1H3,(H,13,16)(H,14,17)/t9-,10+/m0/s1. The third-order valence-corrected chi connectivity index (χ3v) is 3.42. The van der Waals surface area contributed by atoms with Crippen molar-refractivity contribution < 1.29 is 9.59 Å². The maximum atomic E-state index is 11.5. The fraction of sp³-hybridized carbons (Fsp3) is 0.818. The van der Waals surface area contributed by atoms with Crippen LogP contribution in [0.2, 0.25) is 0 Å². The van der Waals surface area contributed by atoms with Crippen LogP contribution in [-0.2, 0) is 9.59 Å². The van der Waals surface area contributed by atoms with Crippen molar-refractivity contribution in [3.05, 3.63) is 0 Å². The van der Waals surface area contributed by atoms with Gasteiger partial charge in [-0.2, -0.15) is 0 Å². The Balaban J connectivity index is 1.73. The third-order valence-electron chi connectivity index (χ3n) is 3.42. The van der Waals surface area contributed by atoms with Crippen LogP contribution >= 0.6 is 0 Å². The van der Waals surface area contributed by atoms with Crippen LogP contribution in [0.1, 0.15) is 19.8 Å². The lowest BCUT2D eigenvalue weighted by Gasteiger charge is -2.24. The number of likely N-dealkylation sites (tertiary alicyclic amines) is 1. The normalized spacial score (nSPS) is 28.5.